The van der Waals surface area contributed by atoms with Crippen LogP contribution >= 0.6 is 0 Å². The van der Waals surface area contributed by atoms with Crippen LogP contribution in [0.3, 0.4) is 0 Å². The maximum atomic E-state index is 3.46. The van der Waals surface area contributed by atoms with Gasteiger partial charge in [-0.15, -0.1) is 0 Å². The van der Waals surface area contributed by atoms with Gasteiger partial charge < -0.3 is 5.32 Å². The molecular formula is C11H15N3. The lowest BCUT2D eigenvalue weighted by Gasteiger charge is -2.46. The van der Waals surface area contributed by atoms with Crippen LogP contribution in [0.5, 0.6) is 0 Å². The zero-order valence-electron chi connectivity index (χ0n) is 8.19. The molecule has 1 N–H and O–H groups in total. The molecule has 14 heavy (non-hydrogen) atoms. The first-order chi connectivity index (χ1) is 6.95. The van der Waals surface area contributed by atoms with Crippen molar-refractivity contribution in [3.8, 4) is 0 Å². The standard InChI is InChI=1S/C11H15N3/c1-3-7-13-10(5-1)9-12-11-6-2-4-8-14(11)13/h1,3,5,7,9,11-12H,2,4,6,8H2. The van der Waals surface area contributed by atoms with Crippen molar-refractivity contribution in [1.29, 1.82) is 0 Å². The molecule has 1 atom stereocenters. The lowest BCUT2D eigenvalue weighted by Crippen LogP contribution is -2.56. The largest absolute Gasteiger partial charge is 0.372 e. The first-order valence-electron chi connectivity index (χ1n) is 5.32. The normalized spacial score (nSPS) is 30.4. The first kappa shape index (κ1) is 8.12. The number of hydrogen-bond acceptors (Lipinski definition) is 3. The highest BCUT2D eigenvalue weighted by Crippen LogP contribution is 2.26. The molecule has 3 heterocycles. The van der Waals surface area contributed by atoms with Crippen molar-refractivity contribution in [2.24, 2.45) is 0 Å². The minimum Gasteiger partial charge on any atom is -0.372 e. The Balaban J connectivity index is 1.91. The van der Waals surface area contributed by atoms with E-state index >= 15 is 0 Å². The Morgan fingerprint density at radius 2 is 2.29 bits per heavy atom. The molecule has 74 valence electrons. The summed E-state index contributed by atoms with van der Waals surface area (Å²) in [7, 11) is 0. The monoisotopic (exact) mass is 189 g/mol. The SMILES string of the molecule is C1=CC2=CNC3CCCCN3N2C=C1. The number of hydrogen-bond donors (Lipinski definition) is 1. The number of nitrogens with zero attached hydrogens (tertiary/aromatic N) is 2. The predicted molar refractivity (Wildman–Crippen MR) is 55.7 cm³/mol. The van der Waals surface area contributed by atoms with Gasteiger partial charge in [-0.1, -0.05) is 6.08 Å². The number of fused-ring (bicyclic) bond motifs is 3. The number of piperidine rings is 1. The molecule has 0 aromatic rings. The van der Waals surface area contributed by atoms with Crippen molar-refractivity contribution in [3.05, 3.63) is 36.3 Å². The highest BCUT2D eigenvalue weighted by Gasteiger charge is 2.29. The molecule has 0 bridgehead atoms. The van der Waals surface area contributed by atoms with Gasteiger partial charge in [0.1, 0.15) is 0 Å². The molecule has 3 aliphatic rings. The van der Waals surface area contributed by atoms with Gasteiger partial charge in [0.15, 0.2) is 0 Å². The summed E-state index contributed by atoms with van der Waals surface area (Å²) in [6.07, 6.45) is 15.0. The quantitative estimate of drug-likeness (QED) is 0.623. The van der Waals surface area contributed by atoms with Crippen LogP contribution in [0.4, 0.5) is 0 Å². The molecule has 0 aromatic carbocycles. The highest BCUT2D eigenvalue weighted by molar-refractivity contribution is 5.28. The molecule has 1 fully saturated rings. The van der Waals surface area contributed by atoms with E-state index in [2.05, 4.69) is 46.0 Å². The molecule has 0 aliphatic carbocycles. The molecule has 3 nitrogen and oxygen atoms in total. The van der Waals surface area contributed by atoms with Crippen LogP contribution in [0.2, 0.25) is 0 Å². The molecule has 3 aliphatic heterocycles. The van der Waals surface area contributed by atoms with Crippen LogP contribution in [0.25, 0.3) is 0 Å². The van der Waals surface area contributed by atoms with E-state index in [-0.39, 0.29) is 0 Å². The summed E-state index contributed by atoms with van der Waals surface area (Å²) in [6, 6.07) is 0. The van der Waals surface area contributed by atoms with Crippen LogP contribution in [0.1, 0.15) is 19.3 Å². The Hall–Kier alpha value is -1.22. The van der Waals surface area contributed by atoms with Crippen molar-refractivity contribution in [2.75, 3.05) is 6.54 Å². The fourth-order valence-electron chi connectivity index (χ4n) is 2.32. The van der Waals surface area contributed by atoms with Crippen molar-refractivity contribution in [1.82, 2.24) is 15.3 Å². The van der Waals surface area contributed by atoms with E-state index in [1.165, 1.54) is 25.0 Å². The predicted octanol–water partition coefficient (Wildman–Crippen LogP) is 1.54. The van der Waals surface area contributed by atoms with E-state index in [0.29, 0.717) is 6.17 Å². The van der Waals surface area contributed by atoms with Gasteiger partial charge >= 0.3 is 0 Å². The molecule has 3 rings (SSSR count). The van der Waals surface area contributed by atoms with E-state index in [1.54, 1.807) is 0 Å². The molecule has 1 unspecified atom stereocenters. The maximum absolute atomic E-state index is 3.46. The summed E-state index contributed by atoms with van der Waals surface area (Å²) in [4.78, 5) is 0. The fourth-order valence-corrected chi connectivity index (χ4v) is 2.32. The van der Waals surface area contributed by atoms with Crippen molar-refractivity contribution < 1.29 is 0 Å². The van der Waals surface area contributed by atoms with Gasteiger partial charge in [0.25, 0.3) is 0 Å². The van der Waals surface area contributed by atoms with Gasteiger partial charge in [-0.25, -0.2) is 0 Å². The number of nitrogens with one attached hydrogen (secondary N) is 1. The second-order valence-electron chi connectivity index (χ2n) is 3.96. The Labute approximate surface area is 84.3 Å². The number of allylic oxidation sites excluding steroid dienone is 3. The third-order valence-corrected chi connectivity index (χ3v) is 3.04. The van der Waals surface area contributed by atoms with Crippen molar-refractivity contribution in [3.63, 3.8) is 0 Å². The van der Waals surface area contributed by atoms with E-state index in [4.69, 9.17) is 0 Å². The Kier molecular flexibility index (Phi) is 1.84. The van der Waals surface area contributed by atoms with Gasteiger partial charge in [-0.05, 0) is 31.4 Å². The van der Waals surface area contributed by atoms with Crippen LogP contribution in [-0.2, 0) is 0 Å². The van der Waals surface area contributed by atoms with Gasteiger partial charge in [0.2, 0.25) is 0 Å². The van der Waals surface area contributed by atoms with Crippen LogP contribution in [-0.4, -0.2) is 22.7 Å². The average molecular weight is 189 g/mol. The van der Waals surface area contributed by atoms with Crippen LogP contribution in [0, 0.1) is 0 Å². The Bertz CT molecular complexity index is 316. The molecule has 0 saturated carbocycles. The third-order valence-electron chi connectivity index (χ3n) is 3.04. The second-order valence-corrected chi connectivity index (χ2v) is 3.96. The zero-order chi connectivity index (χ0) is 9.38. The van der Waals surface area contributed by atoms with Crippen molar-refractivity contribution in [2.45, 2.75) is 25.4 Å². The van der Waals surface area contributed by atoms with E-state index in [1.807, 2.05) is 0 Å². The summed E-state index contributed by atoms with van der Waals surface area (Å²) in [6.45, 7) is 1.16. The van der Waals surface area contributed by atoms with E-state index in [9.17, 15) is 0 Å². The summed E-state index contributed by atoms with van der Waals surface area (Å²) >= 11 is 0. The minimum atomic E-state index is 0.503. The molecule has 1 saturated heterocycles. The molecule has 0 radical (unpaired) electrons. The second kappa shape index (κ2) is 3.17. The Morgan fingerprint density at radius 3 is 3.29 bits per heavy atom. The molecule has 0 amide bonds. The number of hydrazine groups is 1. The Morgan fingerprint density at radius 1 is 1.29 bits per heavy atom. The minimum absolute atomic E-state index is 0.503. The van der Waals surface area contributed by atoms with Gasteiger partial charge in [-0.2, -0.15) is 5.01 Å². The number of rotatable bonds is 0. The highest BCUT2D eigenvalue weighted by atomic mass is 15.7. The fraction of sp³-hybridized carbons (Fsp3) is 0.455. The average Bonchev–Trinajstić information content (AvgIpc) is 2.29. The zero-order valence-corrected chi connectivity index (χ0v) is 8.19. The molecule has 0 spiro atoms. The summed E-state index contributed by atoms with van der Waals surface area (Å²) in [5.41, 5.74) is 1.24. The lowest BCUT2D eigenvalue weighted by atomic mass is 10.1. The third kappa shape index (κ3) is 1.16. The van der Waals surface area contributed by atoms with Gasteiger partial charge in [0, 0.05) is 18.9 Å². The smallest absolute Gasteiger partial charge is 0.0971 e. The van der Waals surface area contributed by atoms with Gasteiger partial charge in [0.05, 0.1) is 11.9 Å². The van der Waals surface area contributed by atoms with E-state index in [0.717, 1.165) is 6.54 Å². The summed E-state index contributed by atoms with van der Waals surface area (Å²) in [5.74, 6) is 0. The van der Waals surface area contributed by atoms with Crippen molar-refractivity contribution >= 4 is 0 Å². The van der Waals surface area contributed by atoms with Crippen LogP contribution in [0.15, 0.2) is 36.3 Å². The lowest BCUT2D eigenvalue weighted by molar-refractivity contribution is -0.0351. The molecular weight excluding hydrogens is 174 g/mol. The first-order valence-corrected chi connectivity index (χ1v) is 5.32. The topological polar surface area (TPSA) is 18.5 Å². The van der Waals surface area contributed by atoms with Gasteiger partial charge in [-0.3, -0.25) is 5.01 Å². The maximum Gasteiger partial charge on any atom is 0.0971 e. The van der Waals surface area contributed by atoms with Crippen LogP contribution < -0.4 is 5.32 Å². The summed E-state index contributed by atoms with van der Waals surface area (Å²) < 4.78 is 0. The van der Waals surface area contributed by atoms with E-state index < -0.39 is 0 Å². The molecule has 3 heteroatoms. The summed E-state index contributed by atoms with van der Waals surface area (Å²) in [5, 5.41) is 8.14. The molecule has 0 aromatic heterocycles.